The Morgan fingerprint density at radius 3 is 2.57 bits per heavy atom. The summed E-state index contributed by atoms with van der Waals surface area (Å²) in [6, 6.07) is 4.30. The van der Waals surface area contributed by atoms with Crippen LogP contribution >= 0.6 is 11.3 Å². The molecule has 0 radical (unpaired) electrons. The number of thiophene rings is 1. The van der Waals surface area contributed by atoms with Gasteiger partial charge in [-0.05, 0) is 45.1 Å². The van der Waals surface area contributed by atoms with Gasteiger partial charge in [0.05, 0.1) is 11.3 Å². The third-order valence-corrected chi connectivity index (χ3v) is 3.09. The molecule has 0 aliphatic heterocycles. The van der Waals surface area contributed by atoms with Crippen molar-refractivity contribution < 1.29 is 0 Å². The summed E-state index contributed by atoms with van der Waals surface area (Å²) < 4.78 is 0. The van der Waals surface area contributed by atoms with Gasteiger partial charge in [-0.3, -0.25) is 4.99 Å². The van der Waals surface area contributed by atoms with Crippen molar-refractivity contribution in [1.82, 2.24) is 0 Å². The molecule has 0 unspecified atom stereocenters. The Hall–Kier alpha value is -0.630. The van der Waals surface area contributed by atoms with Crippen molar-refractivity contribution in [1.29, 1.82) is 0 Å². The van der Waals surface area contributed by atoms with Gasteiger partial charge in [0.15, 0.2) is 0 Å². The fourth-order valence-electron chi connectivity index (χ4n) is 1.49. The highest BCUT2D eigenvalue weighted by Gasteiger charge is 2.30. The van der Waals surface area contributed by atoms with Crippen LogP contribution in [-0.4, -0.2) is 11.3 Å². The minimum Gasteiger partial charge on any atom is -0.282 e. The topological polar surface area (TPSA) is 12.4 Å². The molecule has 1 nitrogen and oxygen atoms in total. The summed E-state index contributed by atoms with van der Waals surface area (Å²) in [7, 11) is 0. The highest BCUT2D eigenvalue weighted by molar-refractivity contribution is 7.12. The summed E-state index contributed by atoms with van der Waals surface area (Å²) in [4.78, 5) is 6.20. The van der Waals surface area contributed by atoms with Gasteiger partial charge in [0.1, 0.15) is 0 Å². The van der Waals surface area contributed by atoms with Crippen LogP contribution in [0.5, 0.6) is 0 Å². The SMILES string of the molecule is CC(C)(C)N=C(c1cccs1)C1CC1. The Morgan fingerprint density at radius 2 is 2.14 bits per heavy atom. The standard InChI is InChI=1S/C12H17NS/c1-12(2,3)13-11(9-6-7-9)10-5-4-8-14-10/h4-5,8-9H,6-7H2,1-3H3. The number of aliphatic imine (C=N–C) groups is 1. The molecule has 1 heterocycles. The van der Waals surface area contributed by atoms with Gasteiger partial charge in [-0.1, -0.05) is 6.07 Å². The summed E-state index contributed by atoms with van der Waals surface area (Å²) in [5.41, 5.74) is 1.40. The monoisotopic (exact) mass is 207 g/mol. The second-order valence-corrected chi connectivity index (χ2v) is 5.87. The van der Waals surface area contributed by atoms with Crippen molar-refractivity contribution >= 4 is 17.0 Å². The predicted molar refractivity (Wildman–Crippen MR) is 63.3 cm³/mol. The molecular formula is C12H17NS. The normalized spacial score (nSPS) is 18.6. The minimum absolute atomic E-state index is 0.0575. The molecule has 2 heteroatoms. The van der Waals surface area contributed by atoms with Gasteiger partial charge in [-0.25, -0.2) is 0 Å². The van der Waals surface area contributed by atoms with Crippen LogP contribution in [0.3, 0.4) is 0 Å². The Balaban J connectivity index is 2.29. The van der Waals surface area contributed by atoms with Gasteiger partial charge in [0.2, 0.25) is 0 Å². The van der Waals surface area contributed by atoms with E-state index in [1.165, 1.54) is 23.4 Å². The molecule has 0 aromatic carbocycles. The van der Waals surface area contributed by atoms with E-state index in [0.717, 1.165) is 5.92 Å². The first-order valence-electron chi connectivity index (χ1n) is 5.20. The lowest BCUT2D eigenvalue weighted by atomic mass is 10.1. The van der Waals surface area contributed by atoms with Gasteiger partial charge in [-0.15, -0.1) is 11.3 Å². The van der Waals surface area contributed by atoms with Crippen molar-refractivity contribution in [2.45, 2.75) is 39.2 Å². The summed E-state index contributed by atoms with van der Waals surface area (Å²) in [5.74, 6) is 0.743. The Kier molecular flexibility index (Phi) is 2.48. The van der Waals surface area contributed by atoms with E-state index >= 15 is 0 Å². The van der Waals surface area contributed by atoms with E-state index in [4.69, 9.17) is 4.99 Å². The van der Waals surface area contributed by atoms with E-state index in [9.17, 15) is 0 Å². The average Bonchev–Trinajstić information content (AvgIpc) is 2.75. The molecule has 1 aliphatic rings. The summed E-state index contributed by atoms with van der Waals surface area (Å²) in [5, 5.41) is 2.13. The van der Waals surface area contributed by atoms with Crippen LogP contribution in [-0.2, 0) is 0 Å². The Bertz CT molecular complexity index is 326. The maximum atomic E-state index is 4.84. The molecule has 14 heavy (non-hydrogen) atoms. The maximum absolute atomic E-state index is 4.84. The number of hydrogen-bond acceptors (Lipinski definition) is 2. The molecule has 1 fully saturated rings. The van der Waals surface area contributed by atoms with E-state index < -0.39 is 0 Å². The molecule has 0 bridgehead atoms. The zero-order valence-electron chi connectivity index (χ0n) is 9.08. The summed E-state index contributed by atoms with van der Waals surface area (Å²) in [6.45, 7) is 6.51. The van der Waals surface area contributed by atoms with E-state index in [1.807, 2.05) is 11.3 Å². The first-order valence-corrected chi connectivity index (χ1v) is 6.08. The van der Waals surface area contributed by atoms with Crippen molar-refractivity contribution in [3.05, 3.63) is 22.4 Å². The predicted octanol–water partition coefficient (Wildman–Crippen LogP) is 3.75. The van der Waals surface area contributed by atoms with Crippen molar-refractivity contribution in [3.63, 3.8) is 0 Å². The lowest BCUT2D eigenvalue weighted by Crippen LogP contribution is -2.15. The largest absolute Gasteiger partial charge is 0.282 e. The van der Waals surface area contributed by atoms with Crippen molar-refractivity contribution in [2.75, 3.05) is 0 Å². The van der Waals surface area contributed by atoms with Crippen LogP contribution in [0.2, 0.25) is 0 Å². The van der Waals surface area contributed by atoms with Gasteiger partial charge >= 0.3 is 0 Å². The third-order valence-electron chi connectivity index (χ3n) is 2.19. The fourth-order valence-corrected chi connectivity index (χ4v) is 2.28. The first kappa shape index (κ1) is 9.91. The highest BCUT2D eigenvalue weighted by atomic mass is 32.1. The van der Waals surface area contributed by atoms with Gasteiger partial charge < -0.3 is 0 Å². The quantitative estimate of drug-likeness (QED) is 0.655. The van der Waals surface area contributed by atoms with E-state index in [2.05, 4.69) is 38.3 Å². The van der Waals surface area contributed by atoms with E-state index in [-0.39, 0.29) is 5.54 Å². The maximum Gasteiger partial charge on any atom is 0.0557 e. The van der Waals surface area contributed by atoms with Crippen LogP contribution in [0.15, 0.2) is 22.5 Å². The molecule has 0 atom stereocenters. The second kappa shape index (κ2) is 3.50. The fraction of sp³-hybridized carbons (Fsp3) is 0.583. The number of rotatable bonds is 2. The number of hydrogen-bond donors (Lipinski definition) is 0. The van der Waals surface area contributed by atoms with Crippen molar-refractivity contribution in [2.24, 2.45) is 10.9 Å². The first-order chi connectivity index (χ1) is 6.56. The van der Waals surface area contributed by atoms with E-state index in [1.54, 1.807) is 0 Å². The molecule has 0 spiro atoms. The van der Waals surface area contributed by atoms with Crippen LogP contribution in [0.1, 0.15) is 38.5 Å². The van der Waals surface area contributed by atoms with Crippen molar-refractivity contribution in [3.8, 4) is 0 Å². The summed E-state index contributed by atoms with van der Waals surface area (Å²) in [6.07, 6.45) is 2.65. The Morgan fingerprint density at radius 1 is 1.43 bits per heavy atom. The van der Waals surface area contributed by atoms with Gasteiger partial charge in [0.25, 0.3) is 0 Å². The minimum atomic E-state index is 0.0575. The zero-order chi connectivity index (χ0) is 10.2. The van der Waals surface area contributed by atoms with Gasteiger partial charge in [-0.2, -0.15) is 0 Å². The summed E-state index contributed by atoms with van der Waals surface area (Å²) >= 11 is 1.81. The Labute approximate surface area is 89.9 Å². The molecule has 0 amide bonds. The van der Waals surface area contributed by atoms with E-state index in [0.29, 0.717) is 0 Å². The third kappa shape index (κ3) is 2.44. The zero-order valence-corrected chi connectivity index (χ0v) is 9.90. The molecule has 2 rings (SSSR count). The molecular weight excluding hydrogens is 190 g/mol. The van der Waals surface area contributed by atoms with Crippen LogP contribution in [0.25, 0.3) is 0 Å². The molecule has 0 saturated heterocycles. The van der Waals surface area contributed by atoms with Crippen LogP contribution in [0, 0.1) is 5.92 Å². The highest BCUT2D eigenvalue weighted by Crippen LogP contribution is 2.35. The molecule has 76 valence electrons. The molecule has 1 aromatic rings. The van der Waals surface area contributed by atoms with Gasteiger partial charge in [0, 0.05) is 10.8 Å². The molecule has 1 saturated carbocycles. The second-order valence-electron chi connectivity index (χ2n) is 4.92. The molecule has 1 aromatic heterocycles. The smallest absolute Gasteiger partial charge is 0.0557 e. The average molecular weight is 207 g/mol. The molecule has 0 N–H and O–H groups in total. The lowest BCUT2D eigenvalue weighted by Gasteiger charge is -2.15. The van der Waals surface area contributed by atoms with Crippen LogP contribution < -0.4 is 0 Å². The molecule has 1 aliphatic carbocycles. The lowest BCUT2D eigenvalue weighted by molar-refractivity contribution is 0.581. The van der Waals surface area contributed by atoms with Crippen LogP contribution in [0.4, 0.5) is 0 Å². The number of nitrogens with zero attached hydrogens (tertiary/aromatic N) is 1.